The van der Waals surface area contributed by atoms with E-state index in [1.54, 1.807) is 18.3 Å². The summed E-state index contributed by atoms with van der Waals surface area (Å²) in [6, 6.07) is 14.0. The second-order valence-corrected chi connectivity index (χ2v) is 7.03. The first-order valence-corrected chi connectivity index (χ1v) is 9.58. The minimum Gasteiger partial charge on any atom is -0.319 e. The van der Waals surface area contributed by atoms with Gasteiger partial charge in [0, 0.05) is 29.3 Å². The van der Waals surface area contributed by atoms with Crippen LogP contribution < -0.4 is 5.32 Å². The van der Waals surface area contributed by atoms with Gasteiger partial charge in [-0.15, -0.1) is 0 Å². The van der Waals surface area contributed by atoms with Crippen LogP contribution in [0.2, 0.25) is 0 Å². The van der Waals surface area contributed by atoms with Crippen LogP contribution in [0.4, 0.5) is 5.69 Å². The van der Waals surface area contributed by atoms with E-state index in [1.807, 2.05) is 13.0 Å². The van der Waals surface area contributed by atoms with Gasteiger partial charge in [0.05, 0.1) is 5.69 Å². The van der Waals surface area contributed by atoms with E-state index in [0.29, 0.717) is 11.5 Å². The SMILES string of the molecule is Cc1ccc(-n2c(C)cc(/C=C/C(=O)Nc3cccnc3-n3cncn3)c2C)cc1. The molecular formula is C23H22N6O. The lowest BCUT2D eigenvalue weighted by Gasteiger charge is -2.10. The van der Waals surface area contributed by atoms with Crippen molar-refractivity contribution in [2.75, 3.05) is 5.32 Å². The number of hydrogen-bond donors (Lipinski definition) is 1. The molecule has 0 bridgehead atoms. The predicted molar refractivity (Wildman–Crippen MR) is 117 cm³/mol. The molecule has 4 rings (SSSR count). The molecule has 1 aromatic carbocycles. The van der Waals surface area contributed by atoms with Gasteiger partial charge >= 0.3 is 0 Å². The fourth-order valence-electron chi connectivity index (χ4n) is 3.38. The zero-order valence-electron chi connectivity index (χ0n) is 17.1. The molecular weight excluding hydrogens is 376 g/mol. The number of nitrogens with zero attached hydrogens (tertiary/aromatic N) is 5. The molecule has 0 aliphatic rings. The van der Waals surface area contributed by atoms with Crippen LogP contribution in [0.15, 0.2) is 67.4 Å². The highest BCUT2D eigenvalue weighted by molar-refractivity contribution is 6.02. The summed E-state index contributed by atoms with van der Waals surface area (Å²) in [6.45, 7) is 6.18. The molecule has 0 fully saturated rings. The summed E-state index contributed by atoms with van der Waals surface area (Å²) in [4.78, 5) is 20.7. The summed E-state index contributed by atoms with van der Waals surface area (Å²) in [5.74, 6) is 0.263. The molecule has 30 heavy (non-hydrogen) atoms. The van der Waals surface area contributed by atoms with Crippen LogP contribution in [-0.4, -0.2) is 30.2 Å². The highest BCUT2D eigenvalue weighted by atomic mass is 16.1. The molecule has 0 atom stereocenters. The number of aryl methyl sites for hydroxylation is 2. The van der Waals surface area contributed by atoms with Gasteiger partial charge in [0.25, 0.3) is 0 Å². The number of amides is 1. The maximum atomic E-state index is 12.5. The zero-order valence-corrected chi connectivity index (χ0v) is 17.1. The van der Waals surface area contributed by atoms with Crippen LogP contribution in [0.5, 0.6) is 0 Å². The number of hydrogen-bond acceptors (Lipinski definition) is 4. The Balaban J connectivity index is 1.55. The van der Waals surface area contributed by atoms with E-state index in [0.717, 1.165) is 22.6 Å². The maximum Gasteiger partial charge on any atom is 0.248 e. The van der Waals surface area contributed by atoms with Gasteiger partial charge in [0.15, 0.2) is 5.82 Å². The molecule has 0 unspecified atom stereocenters. The van der Waals surface area contributed by atoms with Gasteiger partial charge in [-0.05, 0) is 62.7 Å². The molecule has 3 heterocycles. The normalized spacial score (nSPS) is 11.2. The van der Waals surface area contributed by atoms with Crippen LogP contribution in [0.1, 0.15) is 22.5 Å². The van der Waals surface area contributed by atoms with E-state index in [1.165, 1.54) is 29.0 Å². The third-order valence-electron chi connectivity index (χ3n) is 4.86. The average Bonchev–Trinajstić information content (AvgIpc) is 3.36. The van der Waals surface area contributed by atoms with E-state index in [4.69, 9.17) is 0 Å². The summed E-state index contributed by atoms with van der Waals surface area (Å²) in [6.07, 6.45) is 7.95. The number of pyridine rings is 1. The molecule has 7 heteroatoms. The average molecular weight is 398 g/mol. The van der Waals surface area contributed by atoms with Crippen LogP contribution in [-0.2, 0) is 4.79 Å². The molecule has 0 aliphatic heterocycles. The number of nitrogens with one attached hydrogen (secondary N) is 1. The van der Waals surface area contributed by atoms with Crippen molar-refractivity contribution >= 4 is 17.7 Å². The monoisotopic (exact) mass is 398 g/mol. The number of benzene rings is 1. The standard InChI is InChI=1S/C23H22N6O/c1-16-6-9-20(10-7-16)29-17(2)13-19(18(29)3)8-11-22(30)27-21-5-4-12-25-23(21)28-15-24-14-26-28/h4-15H,1-3H3,(H,27,30)/b11-8+. The lowest BCUT2D eigenvalue weighted by molar-refractivity contribution is -0.111. The fraction of sp³-hybridized carbons (Fsp3) is 0.130. The molecule has 0 saturated carbocycles. The molecule has 0 saturated heterocycles. The predicted octanol–water partition coefficient (Wildman–Crippen LogP) is 4.03. The number of anilines is 1. The third kappa shape index (κ3) is 3.91. The molecule has 150 valence electrons. The molecule has 7 nitrogen and oxygen atoms in total. The van der Waals surface area contributed by atoms with Crippen molar-refractivity contribution in [2.24, 2.45) is 0 Å². The molecule has 0 spiro atoms. The summed E-state index contributed by atoms with van der Waals surface area (Å²) >= 11 is 0. The van der Waals surface area contributed by atoms with Crippen LogP contribution in [0, 0.1) is 20.8 Å². The summed E-state index contributed by atoms with van der Waals surface area (Å²) in [5.41, 5.74) is 6.06. The van der Waals surface area contributed by atoms with Gasteiger partial charge < -0.3 is 9.88 Å². The maximum absolute atomic E-state index is 12.5. The highest BCUT2D eigenvalue weighted by Gasteiger charge is 2.11. The molecule has 1 amide bonds. The number of rotatable bonds is 5. The van der Waals surface area contributed by atoms with Gasteiger partial charge in [0.2, 0.25) is 5.91 Å². The van der Waals surface area contributed by atoms with Crippen molar-refractivity contribution in [1.82, 2.24) is 24.3 Å². The lowest BCUT2D eigenvalue weighted by Crippen LogP contribution is -2.12. The van der Waals surface area contributed by atoms with Crippen molar-refractivity contribution in [3.05, 3.63) is 89.9 Å². The zero-order chi connectivity index (χ0) is 21.1. The second-order valence-electron chi connectivity index (χ2n) is 7.03. The van der Waals surface area contributed by atoms with Crippen molar-refractivity contribution in [1.29, 1.82) is 0 Å². The van der Waals surface area contributed by atoms with Crippen molar-refractivity contribution in [3.63, 3.8) is 0 Å². The Labute approximate surface area is 174 Å². The molecule has 0 radical (unpaired) electrons. The minimum atomic E-state index is -0.246. The second kappa shape index (κ2) is 8.16. The first-order valence-electron chi connectivity index (χ1n) is 9.58. The molecule has 0 aliphatic carbocycles. The number of carbonyl (C=O) groups is 1. The smallest absolute Gasteiger partial charge is 0.248 e. The largest absolute Gasteiger partial charge is 0.319 e. The van der Waals surface area contributed by atoms with Crippen LogP contribution in [0.25, 0.3) is 17.6 Å². The Bertz CT molecular complexity index is 1200. The Kier molecular flexibility index (Phi) is 5.26. The topological polar surface area (TPSA) is 77.6 Å². The van der Waals surface area contributed by atoms with Crippen molar-refractivity contribution in [2.45, 2.75) is 20.8 Å². The van der Waals surface area contributed by atoms with Gasteiger partial charge in [-0.1, -0.05) is 17.7 Å². The quantitative estimate of drug-likeness (QED) is 0.515. The van der Waals surface area contributed by atoms with Crippen molar-refractivity contribution in [3.8, 4) is 11.5 Å². The summed E-state index contributed by atoms with van der Waals surface area (Å²) < 4.78 is 3.69. The van der Waals surface area contributed by atoms with E-state index in [2.05, 4.69) is 69.1 Å². The Hall–Kier alpha value is -4.00. The van der Waals surface area contributed by atoms with Gasteiger partial charge in [-0.25, -0.2) is 14.6 Å². The summed E-state index contributed by atoms with van der Waals surface area (Å²) in [5, 5.41) is 6.94. The Morgan fingerprint density at radius 3 is 2.63 bits per heavy atom. The number of carbonyl (C=O) groups excluding carboxylic acids is 1. The van der Waals surface area contributed by atoms with Gasteiger partial charge in [0.1, 0.15) is 12.7 Å². The number of aromatic nitrogens is 5. The van der Waals surface area contributed by atoms with Crippen LogP contribution >= 0.6 is 0 Å². The first-order chi connectivity index (χ1) is 14.5. The van der Waals surface area contributed by atoms with Crippen molar-refractivity contribution < 1.29 is 4.79 Å². The lowest BCUT2D eigenvalue weighted by atomic mass is 10.2. The fourth-order valence-corrected chi connectivity index (χ4v) is 3.38. The van der Waals surface area contributed by atoms with Gasteiger partial charge in [-0.3, -0.25) is 4.79 Å². The van der Waals surface area contributed by atoms with E-state index in [-0.39, 0.29) is 5.91 Å². The van der Waals surface area contributed by atoms with E-state index in [9.17, 15) is 4.79 Å². The first kappa shape index (κ1) is 19.3. The molecule has 4 aromatic rings. The molecule has 3 aromatic heterocycles. The minimum absolute atomic E-state index is 0.246. The van der Waals surface area contributed by atoms with E-state index >= 15 is 0 Å². The Morgan fingerprint density at radius 1 is 1.10 bits per heavy atom. The van der Waals surface area contributed by atoms with Gasteiger partial charge in [-0.2, -0.15) is 5.10 Å². The third-order valence-corrected chi connectivity index (χ3v) is 4.86. The van der Waals surface area contributed by atoms with E-state index < -0.39 is 0 Å². The highest BCUT2D eigenvalue weighted by Crippen LogP contribution is 2.22. The van der Waals surface area contributed by atoms with Crippen LogP contribution in [0.3, 0.4) is 0 Å². The summed E-state index contributed by atoms with van der Waals surface area (Å²) in [7, 11) is 0. The molecule has 1 N–H and O–H groups in total. The Morgan fingerprint density at radius 2 is 1.90 bits per heavy atom.